The molecule has 0 aromatic heterocycles. The van der Waals surface area contributed by atoms with E-state index < -0.39 is 60.3 Å². The number of carbonyl (C=O) groups is 2. The number of esters is 1. The summed E-state index contributed by atoms with van der Waals surface area (Å²) >= 11 is 5.89. The Morgan fingerprint density at radius 2 is 1.74 bits per heavy atom. The third kappa shape index (κ3) is 6.11. The van der Waals surface area contributed by atoms with E-state index in [1.54, 1.807) is 18.2 Å². The molecule has 2 unspecified atom stereocenters. The number of hydrogen-bond acceptors (Lipinski definition) is 8. The second-order valence-electron chi connectivity index (χ2n) is 7.81. The van der Waals surface area contributed by atoms with Crippen molar-refractivity contribution in [3.8, 4) is 11.5 Å². The molecule has 0 aliphatic carbocycles. The highest BCUT2D eigenvalue weighted by Crippen LogP contribution is 2.55. The number of hydrogen-bond donors (Lipinski definition) is 0. The SMILES string of the molecule is CC(OC(=O)c1cc(Oc2ccc(C(F)(F)F)cc2Cl)ccc1[N+](=O)[O-])C(=O)S(C)(N=O)c1ccccc1. The van der Waals surface area contributed by atoms with Crippen LogP contribution in [0.2, 0.25) is 5.02 Å². The van der Waals surface area contributed by atoms with Crippen molar-refractivity contribution in [3.63, 3.8) is 0 Å². The van der Waals surface area contributed by atoms with Crippen LogP contribution in [0.15, 0.2) is 76.2 Å². The number of alkyl halides is 3. The maximum absolute atomic E-state index is 13.0. The van der Waals surface area contributed by atoms with Gasteiger partial charge in [0.1, 0.15) is 17.1 Å². The normalized spacial score (nSPS) is 14.5. The van der Waals surface area contributed by atoms with E-state index in [-0.39, 0.29) is 11.5 Å². The molecule has 0 bridgehead atoms. The number of carbonyl (C=O) groups excluding carboxylic acids is 2. The minimum Gasteiger partial charge on any atom is -0.456 e. The molecule has 0 radical (unpaired) electrons. The Morgan fingerprint density at radius 1 is 1.08 bits per heavy atom. The second kappa shape index (κ2) is 11.2. The van der Waals surface area contributed by atoms with E-state index in [0.717, 1.165) is 30.3 Å². The van der Waals surface area contributed by atoms with Gasteiger partial charge < -0.3 is 9.47 Å². The summed E-state index contributed by atoms with van der Waals surface area (Å²) in [6, 6.07) is 13.2. The van der Waals surface area contributed by atoms with Gasteiger partial charge in [0.25, 0.3) is 5.69 Å². The molecule has 14 heteroatoms. The average Bonchev–Trinajstić information content (AvgIpc) is 2.88. The number of benzene rings is 3. The summed E-state index contributed by atoms with van der Waals surface area (Å²) in [4.78, 5) is 48.5. The Morgan fingerprint density at radius 3 is 2.29 bits per heavy atom. The molecule has 0 aliphatic rings. The molecule has 3 aromatic carbocycles. The molecule has 0 saturated heterocycles. The summed E-state index contributed by atoms with van der Waals surface area (Å²) in [7, 11) is -2.96. The van der Waals surface area contributed by atoms with Gasteiger partial charge in [0.2, 0.25) is 5.12 Å². The number of ether oxygens (including phenoxy) is 2. The van der Waals surface area contributed by atoms with E-state index in [1.165, 1.54) is 25.3 Å². The lowest BCUT2D eigenvalue weighted by Gasteiger charge is -2.28. The quantitative estimate of drug-likeness (QED) is 0.120. The maximum Gasteiger partial charge on any atom is 0.416 e. The summed E-state index contributed by atoms with van der Waals surface area (Å²) in [5, 5.41) is 10.3. The lowest BCUT2D eigenvalue weighted by atomic mass is 10.1. The lowest BCUT2D eigenvalue weighted by molar-refractivity contribution is -0.385. The van der Waals surface area contributed by atoms with Gasteiger partial charge in [0.15, 0.2) is 6.10 Å². The molecule has 200 valence electrons. The highest BCUT2D eigenvalue weighted by molar-refractivity contribution is 8.43. The minimum atomic E-state index is -4.64. The van der Waals surface area contributed by atoms with Crippen molar-refractivity contribution in [1.29, 1.82) is 0 Å². The van der Waals surface area contributed by atoms with Crippen molar-refractivity contribution in [2.45, 2.75) is 24.1 Å². The van der Waals surface area contributed by atoms with Crippen molar-refractivity contribution < 1.29 is 37.2 Å². The fraction of sp³-hybridized carbons (Fsp3) is 0.167. The van der Waals surface area contributed by atoms with Crippen LogP contribution in [0.3, 0.4) is 0 Å². The first kappa shape index (κ1) is 28.6. The molecule has 9 nitrogen and oxygen atoms in total. The number of halogens is 4. The summed E-state index contributed by atoms with van der Waals surface area (Å²) < 4.78 is 52.3. The molecule has 0 N–H and O–H groups in total. The van der Waals surface area contributed by atoms with Gasteiger partial charge in [-0.3, -0.25) is 14.9 Å². The Kier molecular flexibility index (Phi) is 8.42. The molecule has 0 spiro atoms. The van der Waals surface area contributed by atoms with Gasteiger partial charge in [-0.2, -0.15) is 13.2 Å². The van der Waals surface area contributed by atoms with Crippen LogP contribution in [0, 0.1) is 15.0 Å². The van der Waals surface area contributed by atoms with E-state index in [1.807, 2.05) is 0 Å². The highest BCUT2D eigenvalue weighted by Gasteiger charge is 2.37. The van der Waals surface area contributed by atoms with Crippen LogP contribution in [0.25, 0.3) is 0 Å². The van der Waals surface area contributed by atoms with Crippen molar-refractivity contribution in [1.82, 2.24) is 0 Å². The smallest absolute Gasteiger partial charge is 0.416 e. The van der Waals surface area contributed by atoms with Gasteiger partial charge in [-0.1, -0.05) is 29.8 Å². The third-order valence-electron chi connectivity index (χ3n) is 5.23. The molecular formula is C24H18ClF3N2O7S. The molecular weight excluding hydrogens is 553 g/mol. The molecule has 3 aromatic rings. The van der Waals surface area contributed by atoms with Crippen LogP contribution in [0.5, 0.6) is 11.5 Å². The zero-order chi connectivity index (χ0) is 28.3. The Labute approximate surface area is 220 Å². The summed E-state index contributed by atoms with van der Waals surface area (Å²) in [5.41, 5.74) is -2.31. The largest absolute Gasteiger partial charge is 0.456 e. The van der Waals surface area contributed by atoms with Crippen molar-refractivity contribution in [3.05, 3.63) is 97.9 Å². The zero-order valence-electron chi connectivity index (χ0n) is 19.6. The Balaban J connectivity index is 1.88. The summed E-state index contributed by atoms with van der Waals surface area (Å²) in [6.07, 6.45) is -4.82. The number of nitro groups is 1. The zero-order valence-corrected chi connectivity index (χ0v) is 21.2. The van der Waals surface area contributed by atoms with Crippen molar-refractivity contribution in [2.75, 3.05) is 6.26 Å². The van der Waals surface area contributed by atoms with Crippen LogP contribution in [0.4, 0.5) is 18.9 Å². The number of nitroso groups, excluding NO2 is 1. The van der Waals surface area contributed by atoms with Gasteiger partial charge in [0.05, 0.1) is 15.5 Å². The minimum absolute atomic E-state index is 0.183. The van der Waals surface area contributed by atoms with Gasteiger partial charge in [-0.15, -0.1) is 4.91 Å². The molecule has 0 aliphatic heterocycles. The first-order chi connectivity index (χ1) is 17.8. The van der Waals surface area contributed by atoms with Crippen molar-refractivity contribution in [2.24, 2.45) is 4.58 Å². The molecule has 0 saturated carbocycles. The second-order valence-corrected chi connectivity index (χ2v) is 11.0. The number of nitro benzene ring substituents is 1. The number of rotatable bonds is 8. The maximum atomic E-state index is 13.0. The molecule has 0 amide bonds. The fourth-order valence-electron chi connectivity index (χ4n) is 3.26. The first-order valence-electron chi connectivity index (χ1n) is 10.5. The van der Waals surface area contributed by atoms with Crippen LogP contribution in [-0.4, -0.2) is 28.4 Å². The van der Waals surface area contributed by atoms with E-state index in [2.05, 4.69) is 4.58 Å². The van der Waals surface area contributed by atoms with Crippen LogP contribution in [0.1, 0.15) is 22.8 Å². The van der Waals surface area contributed by atoms with Gasteiger partial charge in [0, 0.05) is 17.0 Å². The summed E-state index contributed by atoms with van der Waals surface area (Å²) in [6.45, 7) is 1.20. The molecule has 0 fully saturated rings. The molecule has 38 heavy (non-hydrogen) atoms. The van der Waals surface area contributed by atoms with E-state index in [0.29, 0.717) is 11.0 Å². The van der Waals surface area contributed by atoms with Gasteiger partial charge in [-0.05, 0) is 64.4 Å². The van der Waals surface area contributed by atoms with Crippen LogP contribution < -0.4 is 4.74 Å². The van der Waals surface area contributed by atoms with Gasteiger partial charge >= 0.3 is 12.1 Å². The van der Waals surface area contributed by atoms with Gasteiger partial charge in [-0.25, -0.2) is 4.79 Å². The lowest BCUT2D eigenvalue weighted by Crippen LogP contribution is -2.28. The van der Waals surface area contributed by atoms with E-state index >= 15 is 0 Å². The topological polar surface area (TPSA) is 125 Å². The monoisotopic (exact) mass is 570 g/mol. The molecule has 0 heterocycles. The fourth-order valence-corrected chi connectivity index (χ4v) is 5.26. The van der Waals surface area contributed by atoms with E-state index in [9.17, 15) is 37.8 Å². The Hall–Kier alpha value is -3.97. The Bertz CT molecular complexity index is 1410. The predicted molar refractivity (Wildman–Crippen MR) is 134 cm³/mol. The molecule has 2 atom stereocenters. The van der Waals surface area contributed by atoms with Crippen LogP contribution in [-0.2, 0) is 15.7 Å². The van der Waals surface area contributed by atoms with Crippen LogP contribution >= 0.6 is 21.8 Å². The number of nitrogens with zero attached hydrogens (tertiary/aromatic N) is 2. The molecule has 3 rings (SSSR count). The standard InChI is InChI=1S/C24H18ClF3N2O7S/c1-14(23(32)38(2,29-33)17-6-4-3-5-7-17)36-22(31)18-13-16(9-10-20(18)30(34)35)37-21-11-8-15(12-19(21)25)24(26,27)28/h3-14H,1-2H3. The van der Waals surface area contributed by atoms with Crippen molar-refractivity contribution >= 4 is 38.6 Å². The predicted octanol–water partition coefficient (Wildman–Crippen LogP) is 7.31. The summed E-state index contributed by atoms with van der Waals surface area (Å²) in [5.74, 6) is -1.67. The first-order valence-corrected chi connectivity index (χ1v) is 12.9. The highest BCUT2D eigenvalue weighted by atomic mass is 35.5. The average molecular weight is 571 g/mol. The third-order valence-corrected chi connectivity index (χ3v) is 8.13. The van der Waals surface area contributed by atoms with E-state index in [4.69, 9.17) is 21.1 Å².